The Morgan fingerprint density at radius 2 is 1.79 bits per heavy atom. The average Bonchev–Trinajstić information content (AvgIpc) is 3.01. The number of anilines is 2. The molecule has 1 aliphatic rings. The van der Waals surface area contributed by atoms with Gasteiger partial charge in [0.2, 0.25) is 17.7 Å². The van der Waals surface area contributed by atoms with Crippen molar-refractivity contribution < 1.29 is 23.9 Å². The van der Waals surface area contributed by atoms with Crippen LogP contribution in [0.1, 0.15) is 23.2 Å². The van der Waals surface area contributed by atoms with Gasteiger partial charge in [0.05, 0.1) is 23.6 Å². The fraction of sp³-hybridized carbons (Fsp3) is 0.238. The second-order valence-corrected chi connectivity index (χ2v) is 7.64. The number of thioether (sulfide) groups is 1. The molecule has 150 valence electrons. The van der Waals surface area contributed by atoms with Crippen LogP contribution in [0.5, 0.6) is 0 Å². The van der Waals surface area contributed by atoms with Gasteiger partial charge in [-0.05, 0) is 36.4 Å². The molecule has 3 rings (SSSR count). The molecular formula is C21H20N2O5S. The molecule has 1 N–H and O–H groups in total. The SMILES string of the molecule is COC(=O)c1ccc(NC(=O)CCS[C@H]2CC(=O)N(c3ccccc3)C2=O)cc1. The molecule has 2 aromatic carbocycles. The van der Waals surface area contributed by atoms with Crippen LogP contribution in [0.25, 0.3) is 0 Å². The van der Waals surface area contributed by atoms with Crippen molar-refractivity contribution in [1.29, 1.82) is 0 Å². The Morgan fingerprint density at radius 1 is 1.10 bits per heavy atom. The molecule has 1 aliphatic heterocycles. The predicted octanol–water partition coefficient (Wildman–Crippen LogP) is 2.87. The van der Waals surface area contributed by atoms with Crippen LogP contribution in [0.4, 0.5) is 11.4 Å². The monoisotopic (exact) mass is 412 g/mol. The minimum absolute atomic E-state index is 0.134. The molecule has 0 saturated carbocycles. The van der Waals surface area contributed by atoms with Crippen LogP contribution in [0.2, 0.25) is 0 Å². The highest BCUT2D eigenvalue weighted by Crippen LogP contribution is 2.29. The summed E-state index contributed by atoms with van der Waals surface area (Å²) in [6.45, 7) is 0. The normalized spacial score (nSPS) is 16.0. The molecule has 8 heteroatoms. The lowest BCUT2D eigenvalue weighted by Crippen LogP contribution is -2.31. The first kappa shape index (κ1) is 20.6. The Hall–Kier alpha value is -3.13. The lowest BCUT2D eigenvalue weighted by atomic mass is 10.2. The molecule has 0 aliphatic carbocycles. The van der Waals surface area contributed by atoms with Gasteiger partial charge in [-0.1, -0.05) is 18.2 Å². The number of hydrogen-bond donors (Lipinski definition) is 1. The van der Waals surface area contributed by atoms with E-state index in [1.54, 1.807) is 48.5 Å². The van der Waals surface area contributed by atoms with E-state index in [1.165, 1.54) is 23.8 Å². The molecule has 1 saturated heterocycles. The summed E-state index contributed by atoms with van der Waals surface area (Å²) in [5.41, 5.74) is 1.53. The first-order valence-corrected chi connectivity index (χ1v) is 10.1. The maximum absolute atomic E-state index is 12.5. The van der Waals surface area contributed by atoms with E-state index in [0.29, 0.717) is 22.7 Å². The Balaban J connectivity index is 1.47. The summed E-state index contributed by atoms with van der Waals surface area (Å²) in [6, 6.07) is 15.2. The zero-order valence-electron chi connectivity index (χ0n) is 15.8. The summed E-state index contributed by atoms with van der Waals surface area (Å²) >= 11 is 1.31. The first-order chi connectivity index (χ1) is 14.0. The summed E-state index contributed by atoms with van der Waals surface area (Å²) in [7, 11) is 1.30. The van der Waals surface area contributed by atoms with Crippen LogP contribution < -0.4 is 10.2 Å². The van der Waals surface area contributed by atoms with E-state index >= 15 is 0 Å². The quantitative estimate of drug-likeness (QED) is 0.555. The molecule has 0 radical (unpaired) electrons. The molecule has 1 atom stereocenters. The van der Waals surface area contributed by atoms with Crippen LogP contribution in [-0.2, 0) is 19.1 Å². The van der Waals surface area contributed by atoms with Gasteiger partial charge in [-0.3, -0.25) is 14.4 Å². The zero-order chi connectivity index (χ0) is 20.8. The summed E-state index contributed by atoms with van der Waals surface area (Å²) in [4.78, 5) is 49.5. The molecule has 1 heterocycles. The van der Waals surface area contributed by atoms with E-state index in [1.807, 2.05) is 6.07 Å². The van der Waals surface area contributed by atoms with Crippen molar-refractivity contribution in [3.05, 3.63) is 60.2 Å². The minimum Gasteiger partial charge on any atom is -0.465 e. The van der Waals surface area contributed by atoms with Crippen LogP contribution >= 0.6 is 11.8 Å². The molecule has 0 spiro atoms. The van der Waals surface area contributed by atoms with E-state index in [4.69, 9.17) is 0 Å². The van der Waals surface area contributed by atoms with Gasteiger partial charge in [-0.15, -0.1) is 11.8 Å². The number of imide groups is 1. The van der Waals surface area contributed by atoms with E-state index in [2.05, 4.69) is 10.1 Å². The maximum Gasteiger partial charge on any atom is 0.337 e. The van der Waals surface area contributed by atoms with Gasteiger partial charge in [0, 0.05) is 24.3 Å². The smallest absolute Gasteiger partial charge is 0.337 e. The summed E-state index contributed by atoms with van der Waals surface area (Å²) in [5, 5.41) is 2.26. The van der Waals surface area contributed by atoms with E-state index in [9.17, 15) is 19.2 Å². The van der Waals surface area contributed by atoms with E-state index in [-0.39, 0.29) is 30.6 Å². The van der Waals surface area contributed by atoms with E-state index in [0.717, 1.165) is 0 Å². The average molecular weight is 412 g/mol. The highest BCUT2D eigenvalue weighted by Gasteiger charge is 2.39. The van der Waals surface area contributed by atoms with Crippen molar-refractivity contribution in [1.82, 2.24) is 0 Å². The number of carbonyl (C=O) groups excluding carboxylic acids is 4. The predicted molar refractivity (Wildman–Crippen MR) is 111 cm³/mol. The molecule has 29 heavy (non-hydrogen) atoms. The van der Waals surface area contributed by atoms with Crippen molar-refractivity contribution >= 4 is 46.8 Å². The van der Waals surface area contributed by atoms with Crippen LogP contribution in [0, 0.1) is 0 Å². The number of methoxy groups -OCH3 is 1. The third kappa shape index (κ3) is 5.03. The Kier molecular flexibility index (Phi) is 6.66. The van der Waals surface area contributed by atoms with Crippen molar-refractivity contribution in [2.75, 3.05) is 23.1 Å². The lowest BCUT2D eigenvalue weighted by Gasteiger charge is -2.14. The molecule has 2 aromatic rings. The number of benzene rings is 2. The number of nitrogens with one attached hydrogen (secondary N) is 1. The van der Waals surface area contributed by atoms with Crippen molar-refractivity contribution in [3.8, 4) is 0 Å². The fourth-order valence-corrected chi connectivity index (χ4v) is 4.00. The van der Waals surface area contributed by atoms with Gasteiger partial charge >= 0.3 is 5.97 Å². The standard InChI is InChI=1S/C21H20N2O5S/c1-28-21(27)14-7-9-15(10-8-14)22-18(24)11-12-29-17-13-19(25)23(20(17)26)16-5-3-2-4-6-16/h2-10,17H,11-13H2,1H3,(H,22,24)/t17-/m0/s1. The Bertz CT molecular complexity index is 914. The fourth-order valence-electron chi connectivity index (χ4n) is 2.91. The molecule has 0 bridgehead atoms. The zero-order valence-corrected chi connectivity index (χ0v) is 16.6. The third-order valence-electron chi connectivity index (χ3n) is 4.36. The molecule has 0 unspecified atom stereocenters. The number of ether oxygens (including phenoxy) is 1. The molecule has 1 fully saturated rings. The Labute approximate surface area is 172 Å². The van der Waals surface area contributed by atoms with Crippen molar-refractivity contribution in [2.45, 2.75) is 18.1 Å². The third-order valence-corrected chi connectivity index (χ3v) is 5.57. The number of amides is 3. The molecular weight excluding hydrogens is 392 g/mol. The Morgan fingerprint density at radius 3 is 2.45 bits per heavy atom. The van der Waals surface area contributed by atoms with Crippen LogP contribution in [0.15, 0.2) is 54.6 Å². The van der Waals surface area contributed by atoms with Gasteiger partial charge in [-0.25, -0.2) is 9.69 Å². The van der Waals surface area contributed by atoms with Gasteiger partial charge < -0.3 is 10.1 Å². The maximum atomic E-state index is 12.5. The molecule has 0 aromatic heterocycles. The number of para-hydroxylation sites is 1. The summed E-state index contributed by atoms with van der Waals surface area (Å²) in [6.07, 6.45) is 0.335. The number of carbonyl (C=O) groups is 4. The highest BCUT2D eigenvalue weighted by atomic mass is 32.2. The highest BCUT2D eigenvalue weighted by molar-refractivity contribution is 8.00. The van der Waals surface area contributed by atoms with E-state index < -0.39 is 11.2 Å². The van der Waals surface area contributed by atoms with Crippen molar-refractivity contribution in [3.63, 3.8) is 0 Å². The lowest BCUT2D eigenvalue weighted by molar-refractivity contribution is -0.121. The summed E-state index contributed by atoms with van der Waals surface area (Å²) in [5.74, 6) is -0.711. The second-order valence-electron chi connectivity index (χ2n) is 6.33. The second kappa shape index (κ2) is 9.38. The molecule has 7 nitrogen and oxygen atoms in total. The number of nitrogens with zero attached hydrogens (tertiary/aromatic N) is 1. The number of rotatable bonds is 7. The number of hydrogen-bond acceptors (Lipinski definition) is 6. The summed E-state index contributed by atoms with van der Waals surface area (Å²) < 4.78 is 4.63. The van der Waals surface area contributed by atoms with Gasteiger partial charge in [-0.2, -0.15) is 0 Å². The first-order valence-electron chi connectivity index (χ1n) is 9.01. The number of esters is 1. The largest absolute Gasteiger partial charge is 0.465 e. The van der Waals surface area contributed by atoms with Crippen molar-refractivity contribution in [2.24, 2.45) is 0 Å². The minimum atomic E-state index is -0.477. The van der Waals surface area contributed by atoms with Gasteiger partial charge in [0.15, 0.2) is 0 Å². The van der Waals surface area contributed by atoms with Crippen LogP contribution in [0.3, 0.4) is 0 Å². The van der Waals surface area contributed by atoms with Crippen LogP contribution in [-0.4, -0.2) is 41.8 Å². The van der Waals surface area contributed by atoms with Gasteiger partial charge in [0.1, 0.15) is 0 Å². The molecule has 3 amide bonds. The van der Waals surface area contributed by atoms with Gasteiger partial charge in [0.25, 0.3) is 0 Å². The topological polar surface area (TPSA) is 92.8 Å².